The van der Waals surface area contributed by atoms with E-state index in [4.69, 9.17) is 11.6 Å². The van der Waals surface area contributed by atoms with Crippen molar-refractivity contribution in [1.29, 1.82) is 0 Å². The lowest BCUT2D eigenvalue weighted by Crippen LogP contribution is -2.70. The van der Waals surface area contributed by atoms with E-state index in [2.05, 4.69) is 9.55 Å². The van der Waals surface area contributed by atoms with Crippen LogP contribution < -0.4 is 5.11 Å². The predicted octanol–water partition coefficient (Wildman–Crippen LogP) is 3.14. The number of hydrogen-bond donors (Lipinski definition) is 0. The highest BCUT2D eigenvalue weighted by Crippen LogP contribution is 2.34. The number of hydrogen-bond acceptors (Lipinski definition) is 3. The molecule has 1 amide bonds. The largest absolute Gasteiger partial charge is 0.498 e. The molecule has 25 heavy (non-hydrogen) atoms. The summed E-state index contributed by atoms with van der Waals surface area (Å²) >= 11 is 6.11. The summed E-state index contributed by atoms with van der Waals surface area (Å²) in [6, 6.07) is 8.00. The summed E-state index contributed by atoms with van der Waals surface area (Å²) < 4.78 is 2.17. The van der Waals surface area contributed by atoms with Crippen LogP contribution in [0.25, 0.3) is 11.0 Å². The molecular weight excluding hydrogens is 338 g/mol. The van der Waals surface area contributed by atoms with Crippen molar-refractivity contribution in [2.24, 2.45) is 5.92 Å². The summed E-state index contributed by atoms with van der Waals surface area (Å²) in [5.74, 6) is 1.45. The summed E-state index contributed by atoms with van der Waals surface area (Å²) in [7, 11) is 0. The van der Waals surface area contributed by atoms with Gasteiger partial charge in [-0.2, -0.15) is 0 Å². The van der Waals surface area contributed by atoms with Crippen molar-refractivity contribution < 1.29 is 14.4 Å². The number of amides is 1. The van der Waals surface area contributed by atoms with Gasteiger partial charge in [-0.15, -0.1) is 11.6 Å². The molecule has 0 aliphatic carbocycles. The topological polar surface area (TPSA) is 57.9 Å². The molecule has 1 fully saturated rings. The van der Waals surface area contributed by atoms with Crippen LogP contribution in [0.4, 0.5) is 4.79 Å². The van der Waals surface area contributed by atoms with E-state index < -0.39 is 6.09 Å². The molecule has 136 valence electrons. The molecule has 0 spiro atoms. The molecule has 2 heterocycles. The monoisotopic (exact) mass is 363 g/mol. The second-order valence-electron chi connectivity index (χ2n) is 8.08. The van der Waals surface area contributed by atoms with Gasteiger partial charge in [-0.05, 0) is 45.7 Å². The van der Waals surface area contributed by atoms with Crippen molar-refractivity contribution in [2.75, 3.05) is 13.1 Å². The minimum Gasteiger partial charge on any atom is -0.498 e. The van der Waals surface area contributed by atoms with E-state index in [-0.39, 0.29) is 15.9 Å². The molecule has 2 aromatic rings. The quantitative estimate of drug-likeness (QED) is 0.621. The second kappa shape index (κ2) is 6.61. The van der Waals surface area contributed by atoms with Gasteiger partial charge in [-0.25, -0.2) is 4.98 Å². The van der Waals surface area contributed by atoms with Crippen molar-refractivity contribution >= 4 is 28.7 Å². The van der Waals surface area contributed by atoms with Crippen LogP contribution >= 0.6 is 11.6 Å². The molecule has 1 unspecified atom stereocenters. The zero-order chi connectivity index (χ0) is 18.2. The number of rotatable bonds is 3. The first-order valence-corrected chi connectivity index (χ1v) is 9.41. The number of carbonyl (C=O) groups excluding carboxylic acids is 1. The highest BCUT2D eigenvalue weighted by atomic mass is 35.5. The molecule has 5 nitrogen and oxygen atoms in total. The van der Waals surface area contributed by atoms with E-state index in [1.807, 2.05) is 45.0 Å². The van der Waals surface area contributed by atoms with Crippen molar-refractivity contribution in [1.82, 2.24) is 9.55 Å². The minimum atomic E-state index is -0.967. The summed E-state index contributed by atoms with van der Waals surface area (Å²) in [6.45, 7) is 7.92. The van der Waals surface area contributed by atoms with Gasteiger partial charge in [-0.1, -0.05) is 12.1 Å². The maximum absolute atomic E-state index is 12.0. The van der Waals surface area contributed by atoms with E-state index in [1.54, 1.807) is 0 Å². The number of carbonyl (C=O) groups is 1. The predicted molar refractivity (Wildman–Crippen MR) is 97.2 cm³/mol. The van der Waals surface area contributed by atoms with Gasteiger partial charge in [0.2, 0.25) is 0 Å². The third-order valence-corrected chi connectivity index (χ3v) is 5.89. The Balaban J connectivity index is 1.92. The van der Waals surface area contributed by atoms with Crippen molar-refractivity contribution in [3.63, 3.8) is 0 Å². The summed E-state index contributed by atoms with van der Waals surface area (Å²) in [6.07, 6.45) is 0.932. The van der Waals surface area contributed by atoms with Gasteiger partial charge in [0, 0.05) is 12.5 Å². The highest BCUT2D eigenvalue weighted by Gasteiger charge is 2.46. The lowest BCUT2D eigenvalue weighted by Gasteiger charge is -2.52. The van der Waals surface area contributed by atoms with Crippen LogP contribution in [0.15, 0.2) is 24.3 Å². The van der Waals surface area contributed by atoms with Crippen molar-refractivity contribution in [2.45, 2.75) is 51.6 Å². The number of alkyl halides is 1. The molecule has 1 aliphatic rings. The Hall–Kier alpha value is -1.59. The first-order valence-electron chi connectivity index (χ1n) is 8.87. The van der Waals surface area contributed by atoms with Gasteiger partial charge in [-0.3, -0.25) is 4.48 Å². The molecule has 3 rings (SSSR count). The first kappa shape index (κ1) is 18.2. The molecule has 2 atom stereocenters. The molecular formula is C19H26ClN3O2. The smallest absolute Gasteiger partial charge is 0.257 e. The molecule has 0 saturated carbocycles. The molecule has 1 saturated heterocycles. The Morgan fingerprint density at radius 1 is 1.40 bits per heavy atom. The number of aromatic nitrogens is 2. The third kappa shape index (κ3) is 3.15. The number of benzene rings is 1. The maximum atomic E-state index is 12.0. The number of imidazole rings is 1. The first-order chi connectivity index (χ1) is 11.8. The second-order valence-corrected chi connectivity index (χ2v) is 8.35. The number of para-hydroxylation sites is 2. The van der Waals surface area contributed by atoms with Gasteiger partial charge in [0.05, 0.1) is 35.5 Å². The van der Waals surface area contributed by atoms with Crippen LogP contribution in [0.5, 0.6) is 0 Å². The number of halogens is 1. The standard InChI is InChI=1S/C19H26ClN3O2/c1-19(2,3)23(18(24)25)10-6-7-14(13-23)12-22-16-9-5-4-8-15(16)21-17(22)11-20/h4-5,8-9,14H,6-7,10-13H2,1-3H3/t14-,23?/m0/s1. The van der Waals surface area contributed by atoms with E-state index in [9.17, 15) is 9.90 Å². The van der Waals surface area contributed by atoms with Crippen molar-refractivity contribution in [3.05, 3.63) is 30.1 Å². The molecule has 0 radical (unpaired) electrons. The van der Waals surface area contributed by atoms with Crippen LogP contribution in [0, 0.1) is 5.92 Å². The average molecular weight is 364 g/mol. The number of likely N-dealkylation sites (tertiary alicyclic amines) is 1. The average Bonchev–Trinajstić information content (AvgIpc) is 2.92. The van der Waals surface area contributed by atoms with E-state index in [0.29, 0.717) is 19.0 Å². The number of piperidine rings is 1. The molecule has 0 bridgehead atoms. The Labute approximate surface area is 153 Å². The third-order valence-electron chi connectivity index (χ3n) is 5.65. The Bertz CT molecular complexity index is 781. The Kier molecular flexibility index (Phi) is 4.82. The van der Waals surface area contributed by atoms with Crippen LogP contribution in [-0.2, 0) is 12.4 Å². The fraction of sp³-hybridized carbons (Fsp3) is 0.579. The zero-order valence-electron chi connectivity index (χ0n) is 15.2. The fourth-order valence-corrected chi connectivity index (χ4v) is 4.36. The molecule has 1 aromatic carbocycles. The van der Waals surface area contributed by atoms with Crippen LogP contribution in [0.3, 0.4) is 0 Å². The summed E-state index contributed by atoms with van der Waals surface area (Å²) in [5.41, 5.74) is 1.61. The highest BCUT2D eigenvalue weighted by molar-refractivity contribution is 6.16. The Morgan fingerprint density at radius 3 is 2.76 bits per heavy atom. The van der Waals surface area contributed by atoms with Crippen LogP contribution in [0.1, 0.15) is 39.4 Å². The van der Waals surface area contributed by atoms with Gasteiger partial charge in [0.15, 0.2) is 0 Å². The van der Waals surface area contributed by atoms with E-state index in [0.717, 1.165) is 36.2 Å². The summed E-state index contributed by atoms with van der Waals surface area (Å²) in [4.78, 5) is 16.6. The lowest BCUT2D eigenvalue weighted by molar-refractivity contribution is -0.927. The van der Waals surface area contributed by atoms with E-state index >= 15 is 0 Å². The number of quaternary nitrogens is 1. The van der Waals surface area contributed by atoms with Gasteiger partial charge in [0.1, 0.15) is 5.82 Å². The molecule has 6 heteroatoms. The summed E-state index contributed by atoms with van der Waals surface area (Å²) in [5, 5.41) is 12.0. The van der Waals surface area contributed by atoms with Gasteiger partial charge in [0.25, 0.3) is 6.09 Å². The SMILES string of the molecule is CC(C)(C)[N+]1(C(=O)[O-])CCC[C@@H](Cn2c(CCl)nc3ccccc32)C1. The number of nitrogens with zero attached hydrogens (tertiary/aromatic N) is 3. The lowest BCUT2D eigenvalue weighted by atomic mass is 9.89. The van der Waals surface area contributed by atoms with Crippen molar-refractivity contribution in [3.8, 4) is 0 Å². The Morgan fingerprint density at radius 2 is 2.12 bits per heavy atom. The van der Waals surface area contributed by atoms with Gasteiger partial charge < -0.3 is 14.5 Å². The molecule has 1 aliphatic heterocycles. The number of fused-ring (bicyclic) bond motifs is 1. The van der Waals surface area contributed by atoms with Crippen LogP contribution in [0.2, 0.25) is 0 Å². The minimum absolute atomic E-state index is 0.0144. The zero-order valence-corrected chi connectivity index (χ0v) is 15.9. The van der Waals surface area contributed by atoms with Gasteiger partial charge >= 0.3 is 0 Å². The maximum Gasteiger partial charge on any atom is 0.257 e. The molecule has 1 aromatic heterocycles. The normalized spacial score (nSPS) is 24.6. The van der Waals surface area contributed by atoms with E-state index in [1.165, 1.54) is 0 Å². The fourth-order valence-electron chi connectivity index (χ4n) is 4.16. The number of carboxylic acid groups (broad SMARTS) is 1. The van der Waals surface area contributed by atoms with Crippen LogP contribution in [-0.4, -0.2) is 38.8 Å². The molecule has 0 N–H and O–H groups in total.